The zero-order valence-corrected chi connectivity index (χ0v) is 7.90. The first-order chi connectivity index (χ1) is 6.18. The monoisotopic (exact) mass is 173 g/mol. The van der Waals surface area contributed by atoms with Crippen LogP contribution in [0.3, 0.4) is 0 Å². The molecule has 68 valence electrons. The number of benzene rings is 1. The van der Waals surface area contributed by atoms with Crippen molar-refractivity contribution < 1.29 is 0 Å². The zero-order chi connectivity index (χ0) is 9.31. The van der Waals surface area contributed by atoms with Crippen LogP contribution < -0.4 is 5.73 Å². The standard InChI is InChI=1S/C12H15N/c1-12(13)9-11(12)8-7-10-5-3-2-4-6-10/h2-8,11H,9,13H2,1H3/b8-7+. The summed E-state index contributed by atoms with van der Waals surface area (Å²) in [5.41, 5.74) is 7.24. The van der Waals surface area contributed by atoms with Gasteiger partial charge in [-0.2, -0.15) is 0 Å². The molecule has 1 heteroatoms. The van der Waals surface area contributed by atoms with E-state index in [1.807, 2.05) is 18.2 Å². The van der Waals surface area contributed by atoms with E-state index in [9.17, 15) is 0 Å². The van der Waals surface area contributed by atoms with Gasteiger partial charge in [-0.3, -0.25) is 0 Å². The van der Waals surface area contributed by atoms with Crippen molar-refractivity contribution in [3.63, 3.8) is 0 Å². The van der Waals surface area contributed by atoms with Crippen LogP contribution in [0.5, 0.6) is 0 Å². The van der Waals surface area contributed by atoms with Gasteiger partial charge in [0.1, 0.15) is 0 Å². The molecule has 2 N–H and O–H groups in total. The molecule has 0 saturated heterocycles. The van der Waals surface area contributed by atoms with Crippen molar-refractivity contribution in [2.24, 2.45) is 11.7 Å². The van der Waals surface area contributed by atoms with E-state index >= 15 is 0 Å². The van der Waals surface area contributed by atoms with Crippen molar-refractivity contribution in [3.05, 3.63) is 42.0 Å². The molecule has 0 heterocycles. The maximum atomic E-state index is 5.92. The van der Waals surface area contributed by atoms with Gasteiger partial charge in [0.2, 0.25) is 0 Å². The summed E-state index contributed by atoms with van der Waals surface area (Å²) in [6.07, 6.45) is 5.49. The van der Waals surface area contributed by atoms with Crippen LogP contribution in [0.25, 0.3) is 6.08 Å². The lowest BCUT2D eigenvalue weighted by Crippen LogP contribution is -2.18. The minimum atomic E-state index is 0.0608. The lowest BCUT2D eigenvalue weighted by Gasteiger charge is -1.97. The smallest absolute Gasteiger partial charge is 0.0196 e. The summed E-state index contributed by atoms with van der Waals surface area (Å²) < 4.78 is 0. The minimum Gasteiger partial charge on any atom is -0.325 e. The third-order valence-corrected chi connectivity index (χ3v) is 2.67. The molecule has 13 heavy (non-hydrogen) atoms. The largest absolute Gasteiger partial charge is 0.325 e. The fourth-order valence-electron chi connectivity index (χ4n) is 1.49. The topological polar surface area (TPSA) is 26.0 Å². The molecular weight excluding hydrogens is 158 g/mol. The molecule has 1 nitrogen and oxygen atoms in total. The van der Waals surface area contributed by atoms with Crippen LogP contribution in [0.1, 0.15) is 18.9 Å². The van der Waals surface area contributed by atoms with E-state index in [0.29, 0.717) is 5.92 Å². The van der Waals surface area contributed by atoms with Crippen molar-refractivity contribution in [2.45, 2.75) is 18.9 Å². The van der Waals surface area contributed by atoms with E-state index in [4.69, 9.17) is 5.73 Å². The first-order valence-electron chi connectivity index (χ1n) is 4.71. The summed E-state index contributed by atoms with van der Waals surface area (Å²) in [5.74, 6) is 0.577. The average molecular weight is 173 g/mol. The van der Waals surface area contributed by atoms with Gasteiger partial charge < -0.3 is 5.73 Å². The van der Waals surface area contributed by atoms with Crippen LogP contribution in [0.2, 0.25) is 0 Å². The van der Waals surface area contributed by atoms with Crippen molar-refractivity contribution in [1.29, 1.82) is 0 Å². The molecule has 1 aromatic carbocycles. The van der Waals surface area contributed by atoms with E-state index in [1.165, 1.54) is 5.56 Å². The highest BCUT2D eigenvalue weighted by molar-refractivity contribution is 5.50. The summed E-state index contributed by atoms with van der Waals surface area (Å²) in [5, 5.41) is 0. The van der Waals surface area contributed by atoms with Gasteiger partial charge >= 0.3 is 0 Å². The Morgan fingerprint density at radius 1 is 1.38 bits per heavy atom. The molecule has 0 amide bonds. The molecule has 1 aliphatic carbocycles. The van der Waals surface area contributed by atoms with Gasteiger partial charge in [0.15, 0.2) is 0 Å². The van der Waals surface area contributed by atoms with E-state index in [-0.39, 0.29) is 5.54 Å². The molecule has 0 spiro atoms. The number of rotatable bonds is 2. The fourth-order valence-corrected chi connectivity index (χ4v) is 1.49. The molecule has 1 aromatic rings. The molecule has 0 radical (unpaired) electrons. The van der Waals surface area contributed by atoms with Gasteiger partial charge in [-0.05, 0) is 24.8 Å². The molecule has 2 unspecified atom stereocenters. The third-order valence-electron chi connectivity index (χ3n) is 2.67. The Balaban J connectivity index is 2.00. The van der Waals surface area contributed by atoms with E-state index < -0.39 is 0 Å². The predicted molar refractivity (Wildman–Crippen MR) is 56.2 cm³/mol. The number of hydrogen-bond donors (Lipinski definition) is 1. The minimum absolute atomic E-state index is 0.0608. The first-order valence-corrected chi connectivity index (χ1v) is 4.71. The normalized spacial score (nSPS) is 32.3. The van der Waals surface area contributed by atoms with Crippen molar-refractivity contribution in [3.8, 4) is 0 Å². The lowest BCUT2D eigenvalue weighted by molar-refractivity contribution is 0.717. The second-order valence-electron chi connectivity index (χ2n) is 4.09. The molecule has 1 aliphatic rings. The van der Waals surface area contributed by atoms with Crippen LogP contribution in [0.15, 0.2) is 36.4 Å². The summed E-state index contributed by atoms with van der Waals surface area (Å²) in [6.45, 7) is 2.10. The maximum Gasteiger partial charge on any atom is 0.0196 e. The third kappa shape index (κ3) is 1.99. The number of hydrogen-bond acceptors (Lipinski definition) is 1. The van der Waals surface area contributed by atoms with E-state index in [1.54, 1.807) is 0 Å². The van der Waals surface area contributed by atoms with Crippen LogP contribution >= 0.6 is 0 Å². The Morgan fingerprint density at radius 2 is 2.00 bits per heavy atom. The first kappa shape index (κ1) is 8.52. The Morgan fingerprint density at radius 3 is 2.54 bits per heavy atom. The van der Waals surface area contributed by atoms with Crippen LogP contribution in [-0.2, 0) is 0 Å². The Kier molecular flexibility index (Phi) is 1.97. The SMILES string of the molecule is CC1(N)CC1/C=C/c1ccccc1. The van der Waals surface area contributed by atoms with E-state index in [2.05, 4.69) is 31.2 Å². The van der Waals surface area contributed by atoms with Crippen molar-refractivity contribution in [1.82, 2.24) is 0 Å². The summed E-state index contributed by atoms with van der Waals surface area (Å²) >= 11 is 0. The van der Waals surface area contributed by atoms with Crippen molar-refractivity contribution in [2.75, 3.05) is 0 Å². The second kappa shape index (κ2) is 3.00. The molecule has 1 fully saturated rings. The van der Waals surface area contributed by atoms with Crippen LogP contribution in [-0.4, -0.2) is 5.54 Å². The molecule has 0 aromatic heterocycles. The quantitative estimate of drug-likeness (QED) is 0.730. The molecular formula is C12H15N. The second-order valence-corrected chi connectivity index (χ2v) is 4.09. The summed E-state index contributed by atoms with van der Waals surface area (Å²) in [4.78, 5) is 0. The predicted octanol–water partition coefficient (Wildman–Crippen LogP) is 2.44. The van der Waals surface area contributed by atoms with E-state index in [0.717, 1.165) is 6.42 Å². The lowest BCUT2D eigenvalue weighted by atomic mass is 10.1. The average Bonchev–Trinajstić information content (AvgIpc) is 2.73. The molecule has 2 atom stereocenters. The highest BCUT2D eigenvalue weighted by Gasteiger charge is 2.44. The van der Waals surface area contributed by atoms with Crippen LogP contribution in [0, 0.1) is 5.92 Å². The van der Waals surface area contributed by atoms with Crippen LogP contribution in [0.4, 0.5) is 0 Å². The highest BCUT2D eigenvalue weighted by atomic mass is 14.8. The number of nitrogens with two attached hydrogens (primary N) is 1. The van der Waals surface area contributed by atoms with Gasteiger partial charge in [-0.25, -0.2) is 0 Å². The maximum absolute atomic E-state index is 5.92. The summed E-state index contributed by atoms with van der Waals surface area (Å²) in [7, 11) is 0. The molecule has 0 bridgehead atoms. The summed E-state index contributed by atoms with van der Waals surface area (Å²) in [6, 6.07) is 10.3. The van der Waals surface area contributed by atoms with Gasteiger partial charge in [-0.15, -0.1) is 0 Å². The van der Waals surface area contributed by atoms with Gasteiger partial charge in [0.25, 0.3) is 0 Å². The highest BCUT2D eigenvalue weighted by Crippen LogP contribution is 2.41. The molecule has 0 aliphatic heterocycles. The Labute approximate surface area is 79.3 Å². The Bertz CT molecular complexity index is 311. The zero-order valence-electron chi connectivity index (χ0n) is 7.90. The van der Waals surface area contributed by atoms with Gasteiger partial charge in [0, 0.05) is 5.54 Å². The van der Waals surface area contributed by atoms with Crippen molar-refractivity contribution >= 4 is 6.08 Å². The Hall–Kier alpha value is -1.08. The van der Waals surface area contributed by atoms with Gasteiger partial charge in [-0.1, -0.05) is 42.5 Å². The molecule has 2 rings (SSSR count). The molecule has 1 saturated carbocycles. The fraction of sp³-hybridized carbons (Fsp3) is 0.333. The van der Waals surface area contributed by atoms with Gasteiger partial charge in [0.05, 0.1) is 0 Å².